The number of anilines is 1. The van der Waals surface area contributed by atoms with Crippen LogP contribution in [0, 0.1) is 0 Å². The summed E-state index contributed by atoms with van der Waals surface area (Å²) in [6, 6.07) is 7.89. The molecule has 0 atom stereocenters. The Morgan fingerprint density at radius 3 is 2.64 bits per heavy atom. The van der Waals surface area contributed by atoms with Gasteiger partial charge in [0.25, 0.3) is 0 Å². The standard InChI is InChI=1S/C17H12Cl2N2O3S/c18-12-7-14(23)13(22)3-10(12)5-16(24)21-17-6-11(8-25-17)9-1-2-20-15(19)4-9/h1-4,6-8,22-23H,5H2,(H,21,24). The van der Waals surface area contributed by atoms with Gasteiger partial charge in [-0.15, -0.1) is 11.3 Å². The molecular formula is C17H12Cl2N2O3S. The quantitative estimate of drug-likeness (QED) is 0.441. The lowest BCUT2D eigenvalue weighted by molar-refractivity contribution is -0.115. The summed E-state index contributed by atoms with van der Waals surface area (Å²) in [5.74, 6) is -0.929. The molecule has 2 heterocycles. The van der Waals surface area contributed by atoms with E-state index in [1.165, 1.54) is 23.5 Å². The normalized spacial score (nSPS) is 10.6. The number of phenolic OH excluding ortho intramolecular Hbond substituents is 2. The molecule has 1 amide bonds. The molecule has 0 radical (unpaired) electrons. The summed E-state index contributed by atoms with van der Waals surface area (Å²) in [4.78, 5) is 16.1. The van der Waals surface area contributed by atoms with Gasteiger partial charge in [0.15, 0.2) is 11.5 Å². The lowest BCUT2D eigenvalue weighted by Gasteiger charge is -2.07. The fourth-order valence-corrected chi connectivity index (χ4v) is 3.44. The number of halogens is 2. The van der Waals surface area contributed by atoms with Gasteiger partial charge in [-0.2, -0.15) is 0 Å². The van der Waals surface area contributed by atoms with Crippen molar-refractivity contribution in [2.45, 2.75) is 6.42 Å². The van der Waals surface area contributed by atoms with E-state index in [-0.39, 0.29) is 28.8 Å². The molecule has 3 rings (SSSR count). The van der Waals surface area contributed by atoms with Gasteiger partial charge in [-0.3, -0.25) is 4.79 Å². The van der Waals surface area contributed by atoms with E-state index < -0.39 is 0 Å². The van der Waals surface area contributed by atoms with Crippen molar-refractivity contribution in [2.75, 3.05) is 5.32 Å². The summed E-state index contributed by atoms with van der Waals surface area (Å²) in [5.41, 5.74) is 2.25. The van der Waals surface area contributed by atoms with Crippen molar-refractivity contribution < 1.29 is 15.0 Å². The molecule has 0 aliphatic heterocycles. The molecule has 8 heteroatoms. The summed E-state index contributed by atoms with van der Waals surface area (Å²) >= 11 is 13.2. The van der Waals surface area contributed by atoms with Crippen molar-refractivity contribution >= 4 is 45.4 Å². The maximum Gasteiger partial charge on any atom is 0.229 e. The van der Waals surface area contributed by atoms with E-state index >= 15 is 0 Å². The number of aromatic hydroxyl groups is 2. The molecule has 128 valence electrons. The number of thiophene rings is 1. The topological polar surface area (TPSA) is 82.5 Å². The zero-order valence-corrected chi connectivity index (χ0v) is 15.0. The number of amides is 1. The number of phenols is 2. The van der Waals surface area contributed by atoms with Crippen molar-refractivity contribution in [3.63, 3.8) is 0 Å². The number of hydrogen-bond donors (Lipinski definition) is 3. The molecule has 0 aliphatic carbocycles. The minimum Gasteiger partial charge on any atom is -0.504 e. The summed E-state index contributed by atoms with van der Waals surface area (Å²) < 4.78 is 0. The Morgan fingerprint density at radius 1 is 1.12 bits per heavy atom. The number of hydrogen-bond acceptors (Lipinski definition) is 5. The number of carbonyl (C=O) groups excluding carboxylic acids is 1. The second kappa shape index (κ2) is 7.31. The van der Waals surface area contributed by atoms with E-state index in [0.717, 1.165) is 11.1 Å². The first kappa shape index (κ1) is 17.5. The van der Waals surface area contributed by atoms with E-state index in [0.29, 0.717) is 15.7 Å². The maximum absolute atomic E-state index is 12.2. The van der Waals surface area contributed by atoms with Crippen LogP contribution < -0.4 is 5.32 Å². The number of nitrogens with one attached hydrogen (secondary N) is 1. The highest BCUT2D eigenvalue weighted by Crippen LogP contribution is 2.32. The van der Waals surface area contributed by atoms with Crippen molar-refractivity contribution in [1.29, 1.82) is 0 Å². The highest BCUT2D eigenvalue weighted by atomic mass is 35.5. The van der Waals surface area contributed by atoms with Gasteiger partial charge in [0, 0.05) is 22.7 Å². The average Bonchev–Trinajstić information content (AvgIpc) is 3.01. The largest absolute Gasteiger partial charge is 0.504 e. The van der Waals surface area contributed by atoms with Crippen molar-refractivity contribution in [3.8, 4) is 22.6 Å². The molecule has 5 nitrogen and oxygen atoms in total. The predicted molar refractivity (Wildman–Crippen MR) is 99.7 cm³/mol. The van der Waals surface area contributed by atoms with Gasteiger partial charge < -0.3 is 15.5 Å². The number of benzene rings is 1. The van der Waals surface area contributed by atoms with Crippen LogP contribution in [0.5, 0.6) is 11.5 Å². The van der Waals surface area contributed by atoms with Gasteiger partial charge in [-0.05, 0) is 41.0 Å². The van der Waals surface area contributed by atoms with Crippen LogP contribution in [-0.2, 0) is 11.2 Å². The predicted octanol–water partition coefficient (Wildman–Crippen LogP) is 4.71. The highest BCUT2D eigenvalue weighted by Gasteiger charge is 2.12. The third-order valence-electron chi connectivity index (χ3n) is 3.42. The molecular weight excluding hydrogens is 383 g/mol. The number of carbonyl (C=O) groups is 1. The van der Waals surface area contributed by atoms with Gasteiger partial charge >= 0.3 is 0 Å². The van der Waals surface area contributed by atoms with E-state index in [2.05, 4.69) is 10.3 Å². The van der Waals surface area contributed by atoms with Crippen molar-refractivity contribution in [1.82, 2.24) is 4.98 Å². The smallest absolute Gasteiger partial charge is 0.229 e. The second-order valence-corrected chi connectivity index (χ2v) is 6.93. The molecule has 0 saturated carbocycles. The molecule has 0 bridgehead atoms. The van der Waals surface area contributed by atoms with E-state index in [1.807, 2.05) is 17.5 Å². The Kier molecular flexibility index (Phi) is 5.13. The first-order valence-corrected chi connectivity index (χ1v) is 8.76. The van der Waals surface area contributed by atoms with Crippen LogP contribution in [0.3, 0.4) is 0 Å². The van der Waals surface area contributed by atoms with Gasteiger partial charge in [0.2, 0.25) is 5.91 Å². The van der Waals surface area contributed by atoms with E-state index in [9.17, 15) is 15.0 Å². The lowest BCUT2D eigenvalue weighted by atomic mass is 10.1. The average molecular weight is 395 g/mol. The number of rotatable bonds is 4. The number of nitrogens with zero attached hydrogens (tertiary/aromatic N) is 1. The summed E-state index contributed by atoms with van der Waals surface area (Å²) in [6.45, 7) is 0. The molecule has 0 saturated heterocycles. The molecule has 3 aromatic rings. The van der Waals surface area contributed by atoms with Crippen LogP contribution in [-0.4, -0.2) is 21.1 Å². The van der Waals surface area contributed by atoms with E-state index in [4.69, 9.17) is 23.2 Å². The molecule has 0 spiro atoms. The Balaban J connectivity index is 1.71. The fourth-order valence-electron chi connectivity index (χ4n) is 2.22. The zero-order valence-electron chi connectivity index (χ0n) is 12.7. The van der Waals surface area contributed by atoms with Gasteiger partial charge in [-0.25, -0.2) is 4.98 Å². The molecule has 0 aliphatic rings. The first-order chi connectivity index (χ1) is 11.9. The number of pyridine rings is 1. The summed E-state index contributed by atoms with van der Waals surface area (Å²) in [7, 11) is 0. The summed E-state index contributed by atoms with van der Waals surface area (Å²) in [5, 5.41) is 24.9. The Hall–Kier alpha value is -2.28. The van der Waals surface area contributed by atoms with Crippen molar-refractivity contribution in [3.05, 3.63) is 57.6 Å². The third kappa shape index (κ3) is 4.22. The summed E-state index contributed by atoms with van der Waals surface area (Å²) in [6.07, 6.45) is 1.59. The Morgan fingerprint density at radius 2 is 1.88 bits per heavy atom. The third-order valence-corrected chi connectivity index (χ3v) is 4.82. The Bertz CT molecular complexity index is 943. The lowest BCUT2D eigenvalue weighted by Crippen LogP contribution is -2.13. The molecule has 3 N–H and O–H groups in total. The van der Waals surface area contributed by atoms with Crippen LogP contribution in [0.4, 0.5) is 5.00 Å². The zero-order chi connectivity index (χ0) is 18.0. The van der Waals surface area contributed by atoms with Crippen LogP contribution >= 0.6 is 34.5 Å². The fraction of sp³-hybridized carbons (Fsp3) is 0.0588. The molecule has 0 unspecified atom stereocenters. The molecule has 2 aromatic heterocycles. The number of aromatic nitrogens is 1. The first-order valence-electron chi connectivity index (χ1n) is 7.13. The van der Waals surface area contributed by atoms with Gasteiger partial charge in [0.1, 0.15) is 5.15 Å². The molecule has 25 heavy (non-hydrogen) atoms. The minimum absolute atomic E-state index is 0.0268. The monoisotopic (exact) mass is 394 g/mol. The maximum atomic E-state index is 12.2. The van der Waals surface area contributed by atoms with E-state index in [1.54, 1.807) is 12.3 Å². The van der Waals surface area contributed by atoms with Crippen LogP contribution in [0.25, 0.3) is 11.1 Å². The minimum atomic E-state index is -0.326. The van der Waals surface area contributed by atoms with Gasteiger partial charge in [0.05, 0.1) is 11.4 Å². The van der Waals surface area contributed by atoms with Crippen LogP contribution in [0.1, 0.15) is 5.56 Å². The Labute approximate surface area is 157 Å². The van der Waals surface area contributed by atoms with Crippen LogP contribution in [0.15, 0.2) is 41.9 Å². The molecule has 0 fully saturated rings. The SMILES string of the molecule is O=C(Cc1cc(O)c(O)cc1Cl)Nc1cc(-c2ccnc(Cl)c2)cs1. The second-order valence-electron chi connectivity index (χ2n) is 5.22. The van der Waals surface area contributed by atoms with Crippen LogP contribution in [0.2, 0.25) is 10.2 Å². The van der Waals surface area contributed by atoms with Crippen molar-refractivity contribution in [2.24, 2.45) is 0 Å². The highest BCUT2D eigenvalue weighted by molar-refractivity contribution is 7.14. The van der Waals surface area contributed by atoms with Gasteiger partial charge in [-0.1, -0.05) is 23.2 Å². The molecule has 1 aromatic carbocycles.